The summed E-state index contributed by atoms with van der Waals surface area (Å²) in [6.07, 6.45) is -0.0239. The van der Waals surface area contributed by atoms with Crippen LogP contribution in [0.15, 0.2) is 61.1 Å². The summed E-state index contributed by atoms with van der Waals surface area (Å²) in [5, 5.41) is 3.37. The number of nitrogens with two attached hydrogens (primary N) is 2. The Hall–Kier alpha value is -3.26. The second kappa shape index (κ2) is 7.77. The van der Waals surface area contributed by atoms with Crippen molar-refractivity contribution < 1.29 is 13.2 Å². The molecule has 0 amide bonds. The van der Waals surface area contributed by atoms with E-state index < -0.39 is 11.7 Å². The Labute approximate surface area is 163 Å². The second-order valence-electron chi connectivity index (χ2n) is 5.78. The van der Waals surface area contributed by atoms with Crippen LogP contribution in [-0.4, -0.2) is 9.97 Å². The van der Waals surface area contributed by atoms with Crippen molar-refractivity contribution in [2.45, 2.75) is 6.18 Å². The van der Waals surface area contributed by atoms with Crippen LogP contribution in [0.2, 0.25) is 5.02 Å². The zero-order valence-electron chi connectivity index (χ0n) is 14.3. The summed E-state index contributed by atoms with van der Waals surface area (Å²) in [7, 11) is 0. The molecule has 28 heavy (non-hydrogen) atoms. The molecule has 0 aliphatic heterocycles. The van der Waals surface area contributed by atoms with E-state index in [-0.39, 0.29) is 0 Å². The molecule has 0 aliphatic rings. The van der Waals surface area contributed by atoms with E-state index in [1.54, 1.807) is 24.4 Å². The fraction of sp³-hybridized carbons (Fsp3) is 0.0526. The molecule has 0 radical (unpaired) electrons. The Bertz CT molecular complexity index is 1020. The highest BCUT2D eigenvalue weighted by atomic mass is 35.5. The molecule has 1 aromatic carbocycles. The van der Waals surface area contributed by atoms with Crippen LogP contribution in [0.3, 0.4) is 0 Å². The molecule has 0 atom stereocenters. The highest BCUT2D eigenvalue weighted by Gasteiger charge is 2.30. The molecule has 5 N–H and O–H groups in total. The molecule has 5 nitrogen and oxygen atoms in total. The van der Waals surface area contributed by atoms with Gasteiger partial charge in [-0.3, -0.25) is 9.97 Å². The molecule has 0 bridgehead atoms. The smallest absolute Gasteiger partial charge is 0.403 e. The van der Waals surface area contributed by atoms with Gasteiger partial charge in [-0.05, 0) is 42.5 Å². The Morgan fingerprint density at radius 1 is 1.11 bits per heavy atom. The number of aromatic nitrogens is 2. The summed E-state index contributed by atoms with van der Waals surface area (Å²) >= 11 is 6.14. The number of hydrogen-bond acceptors (Lipinski definition) is 5. The van der Waals surface area contributed by atoms with Gasteiger partial charge in [0.05, 0.1) is 27.7 Å². The lowest BCUT2D eigenvalue weighted by Crippen LogP contribution is -2.08. The van der Waals surface area contributed by atoms with Gasteiger partial charge in [0, 0.05) is 29.8 Å². The van der Waals surface area contributed by atoms with Gasteiger partial charge in [-0.25, -0.2) is 0 Å². The number of pyridine rings is 2. The maximum atomic E-state index is 12.7. The molecule has 9 heteroatoms. The van der Waals surface area contributed by atoms with E-state index in [0.717, 1.165) is 12.1 Å². The van der Waals surface area contributed by atoms with Gasteiger partial charge in [0.25, 0.3) is 0 Å². The van der Waals surface area contributed by atoms with Crippen LogP contribution in [0.5, 0.6) is 0 Å². The van der Waals surface area contributed by atoms with Crippen LogP contribution in [0, 0.1) is 0 Å². The maximum absolute atomic E-state index is 12.7. The molecule has 144 valence electrons. The lowest BCUT2D eigenvalue weighted by molar-refractivity contribution is -0.137. The highest BCUT2D eigenvalue weighted by molar-refractivity contribution is 6.33. The minimum atomic E-state index is -4.40. The topological polar surface area (TPSA) is 89.8 Å². The van der Waals surface area contributed by atoms with Crippen molar-refractivity contribution in [2.24, 2.45) is 5.73 Å². The first-order chi connectivity index (χ1) is 13.3. The predicted octanol–water partition coefficient (Wildman–Crippen LogP) is 4.77. The van der Waals surface area contributed by atoms with E-state index >= 15 is 0 Å². The van der Waals surface area contributed by atoms with Gasteiger partial charge in [0.2, 0.25) is 0 Å². The van der Waals surface area contributed by atoms with Gasteiger partial charge < -0.3 is 16.8 Å². The fourth-order valence-corrected chi connectivity index (χ4v) is 2.74. The van der Waals surface area contributed by atoms with Crippen LogP contribution < -0.4 is 16.8 Å². The van der Waals surface area contributed by atoms with Crippen LogP contribution in [0.1, 0.15) is 11.3 Å². The van der Waals surface area contributed by atoms with E-state index in [9.17, 15) is 13.2 Å². The number of benzene rings is 1. The lowest BCUT2D eigenvalue weighted by Gasteiger charge is -2.14. The first kappa shape index (κ1) is 19.5. The minimum absolute atomic E-state index is 0.301. The lowest BCUT2D eigenvalue weighted by atomic mass is 10.1. The first-order valence-electron chi connectivity index (χ1n) is 8.02. The molecule has 0 saturated heterocycles. The summed E-state index contributed by atoms with van der Waals surface area (Å²) in [5.74, 6) is 0. The van der Waals surface area contributed by atoms with Crippen molar-refractivity contribution in [3.8, 4) is 11.3 Å². The number of hydrogen-bond donors (Lipinski definition) is 3. The Morgan fingerprint density at radius 2 is 1.82 bits per heavy atom. The quantitative estimate of drug-likeness (QED) is 0.582. The van der Waals surface area contributed by atoms with Crippen molar-refractivity contribution in [1.29, 1.82) is 0 Å². The number of nitrogen functional groups attached to an aromatic ring is 1. The average molecular weight is 406 g/mol. The number of rotatable bonds is 4. The van der Waals surface area contributed by atoms with Gasteiger partial charge >= 0.3 is 6.18 Å². The highest BCUT2D eigenvalue weighted by Crippen LogP contribution is 2.31. The van der Waals surface area contributed by atoms with Gasteiger partial charge in [-0.1, -0.05) is 11.6 Å². The molecule has 3 aromatic rings. The van der Waals surface area contributed by atoms with Crippen LogP contribution in [-0.2, 0) is 6.18 Å². The molecular formula is C19H15ClF3N5. The molecule has 2 heterocycles. The molecule has 2 aromatic heterocycles. The normalized spacial score (nSPS) is 12.1. The first-order valence-corrected chi connectivity index (χ1v) is 8.40. The number of anilines is 2. The second-order valence-corrected chi connectivity index (χ2v) is 6.18. The van der Waals surface area contributed by atoms with Crippen LogP contribution in [0.25, 0.3) is 17.0 Å². The minimum Gasteiger partial charge on any atom is -0.403 e. The Kier molecular flexibility index (Phi) is 5.41. The van der Waals surface area contributed by atoms with E-state index in [1.807, 2.05) is 0 Å². The molecule has 0 unspecified atom stereocenters. The Balaban J connectivity index is 1.86. The molecule has 0 saturated carbocycles. The number of nitrogens with zero attached hydrogens (tertiary/aromatic N) is 2. The van der Waals surface area contributed by atoms with E-state index in [0.29, 0.717) is 39.0 Å². The van der Waals surface area contributed by atoms with Crippen molar-refractivity contribution in [3.63, 3.8) is 0 Å². The van der Waals surface area contributed by atoms with E-state index in [2.05, 4.69) is 15.3 Å². The Morgan fingerprint density at radius 3 is 2.39 bits per heavy atom. The zero-order chi connectivity index (χ0) is 20.3. The summed E-state index contributed by atoms with van der Waals surface area (Å²) in [6.45, 7) is 0. The van der Waals surface area contributed by atoms with Crippen LogP contribution in [0.4, 0.5) is 24.5 Å². The number of nitrogens with one attached hydrogen (secondary N) is 1. The van der Waals surface area contributed by atoms with Gasteiger partial charge in [-0.15, -0.1) is 0 Å². The maximum Gasteiger partial charge on any atom is 0.416 e. The van der Waals surface area contributed by atoms with E-state index in [1.165, 1.54) is 24.5 Å². The zero-order valence-corrected chi connectivity index (χ0v) is 15.1. The van der Waals surface area contributed by atoms with Gasteiger partial charge in [0.15, 0.2) is 0 Å². The predicted molar refractivity (Wildman–Crippen MR) is 104 cm³/mol. The van der Waals surface area contributed by atoms with Gasteiger partial charge in [-0.2, -0.15) is 13.2 Å². The summed E-state index contributed by atoms with van der Waals surface area (Å²) in [6, 6.07) is 9.59. The SMILES string of the molecule is N/C=C(/Nc1ccc(C(F)(F)F)cc1)c1ncc(-c2ncccc2Cl)cc1N. The summed E-state index contributed by atoms with van der Waals surface area (Å²) < 4.78 is 38.0. The fourth-order valence-electron chi connectivity index (χ4n) is 2.51. The van der Waals surface area contributed by atoms with Crippen molar-refractivity contribution in [3.05, 3.63) is 77.3 Å². The third-order valence-electron chi connectivity index (χ3n) is 3.86. The standard InChI is InChI=1S/C19H15ClF3N5/c20-14-2-1-7-26-17(14)11-8-15(25)18(27-10-11)16(9-24)28-13-5-3-12(4-6-13)19(21,22)23/h1-10,28H,24-25H2/b16-9+. The average Bonchev–Trinajstić information content (AvgIpc) is 2.66. The van der Waals surface area contributed by atoms with Crippen molar-refractivity contribution >= 4 is 28.7 Å². The number of halogens is 4. The summed E-state index contributed by atoms with van der Waals surface area (Å²) in [4.78, 5) is 8.51. The third kappa shape index (κ3) is 4.17. The molecule has 0 fully saturated rings. The largest absolute Gasteiger partial charge is 0.416 e. The molecule has 0 aliphatic carbocycles. The summed E-state index contributed by atoms with van der Waals surface area (Å²) in [5.41, 5.74) is 13.6. The van der Waals surface area contributed by atoms with Crippen molar-refractivity contribution in [2.75, 3.05) is 11.1 Å². The monoisotopic (exact) mass is 405 g/mol. The van der Waals surface area contributed by atoms with Crippen LogP contribution >= 0.6 is 11.6 Å². The van der Waals surface area contributed by atoms with Gasteiger partial charge in [0.1, 0.15) is 5.69 Å². The molecule has 0 spiro atoms. The third-order valence-corrected chi connectivity index (χ3v) is 4.17. The van der Waals surface area contributed by atoms with Crippen molar-refractivity contribution in [1.82, 2.24) is 9.97 Å². The molecule has 3 rings (SSSR count). The number of alkyl halides is 3. The van der Waals surface area contributed by atoms with E-state index in [4.69, 9.17) is 23.1 Å². The molecular weight excluding hydrogens is 391 g/mol.